The third-order valence-electron chi connectivity index (χ3n) is 6.15. The number of para-hydroxylation sites is 2. The van der Waals surface area contributed by atoms with Crippen molar-refractivity contribution in [3.05, 3.63) is 24.3 Å². The topological polar surface area (TPSA) is 28.7 Å². The van der Waals surface area contributed by atoms with Crippen LogP contribution in [0.3, 0.4) is 0 Å². The molecule has 0 radical (unpaired) electrons. The molecule has 0 saturated carbocycles. The molecule has 0 unspecified atom stereocenters. The first-order valence-electron chi connectivity index (χ1n) is 12.1. The van der Waals surface area contributed by atoms with Crippen LogP contribution in [-0.2, 0) is 0 Å². The van der Waals surface area contributed by atoms with Crippen LogP contribution >= 0.6 is 7.26 Å². The van der Waals surface area contributed by atoms with Gasteiger partial charge in [-0.2, -0.15) is 4.98 Å². The van der Waals surface area contributed by atoms with E-state index in [9.17, 15) is 0 Å². The molecule has 0 saturated heterocycles. The number of imidazole rings is 1. The second-order valence-electron chi connectivity index (χ2n) is 8.58. The van der Waals surface area contributed by atoms with Gasteiger partial charge in [-0.3, -0.25) is 0 Å². The molecule has 0 aliphatic carbocycles. The van der Waals surface area contributed by atoms with Crippen molar-refractivity contribution in [2.24, 2.45) is 0 Å². The fraction of sp³-hybridized carbons (Fsp3) is 0.720. The third-order valence-corrected chi connectivity index (χ3v) is 10.8. The Morgan fingerprint density at radius 3 is 1.64 bits per heavy atom. The van der Waals surface area contributed by atoms with Crippen molar-refractivity contribution in [1.82, 2.24) is 9.97 Å². The van der Waals surface area contributed by atoms with E-state index < -0.39 is 7.26 Å². The Bertz CT molecular complexity index is 585. The summed E-state index contributed by atoms with van der Waals surface area (Å²) in [4.78, 5) is 8.97. The Morgan fingerprint density at radius 1 is 0.679 bits per heavy atom. The van der Waals surface area contributed by atoms with Crippen molar-refractivity contribution in [1.29, 1.82) is 0 Å². The minimum Gasteiger partial charge on any atom is -0.309 e. The summed E-state index contributed by atoms with van der Waals surface area (Å²) < 4.78 is 0. The summed E-state index contributed by atoms with van der Waals surface area (Å²) in [5.74, 6) is 0. The first-order valence-corrected chi connectivity index (χ1v) is 14.4. The van der Waals surface area contributed by atoms with Gasteiger partial charge < -0.3 is 4.98 Å². The Morgan fingerprint density at radius 2 is 1.18 bits per heavy atom. The number of aromatic nitrogens is 2. The highest BCUT2D eigenvalue weighted by molar-refractivity contribution is 7.82. The van der Waals surface area contributed by atoms with Crippen molar-refractivity contribution in [2.75, 3.05) is 18.5 Å². The molecule has 0 aliphatic rings. The number of nitrogens with zero attached hydrogens (tertiary/aromatic N) is 1. The van der Waals surface area contributed by atoms with Crippen LogP contribution in [-0.4, -0.2) is 28.5 Å². The van der Waals surface area contributed by atoms with Gasteiger partial charge in [0.05, 0.1) is 36.8 Å². The van der Waals surface area contributed by atoms with Gasteiger partial charge in [-0.05, 0) is 50.7 Å². The SMILES string of the molecule is CCCCCC[P+](CCCCCC)(CCCCCC)c1nc2ccccc2[nH]1. The molecule has 2 rings (SSSR count). The third kappa shape index (κ3) is 7.18. The zero-order valence-electron chi connectivity index (χ0n) is 18.8. The van der Waals surface area contributed by atoms with Crippen LogP contribution < -0.4 is 5.57 Å². The lowest BCUT2D eigenvalue weighted by Gasteiger charge is -2.25. The van der Waals surface area contributed by atoms with E-state index in [1.807, 2.05) is 0 Å². The molecule has 1 aromatic carbocycles. The van der Waals surface area contributed by atoms with Gasteiger partial charge in [-0.25, -0.2) is 0 Å². The molecule has 0 atom stereocenters. The average Bonchev–Trinajstić information content (AvgIpc) is 3.16. The summed E-state index contributed by atoms with van der Waals surface area (Å²) in [7, 11) is -1.21. The predicted molar refractivity (Wildman–Crippen MR) is 130 cm³/mol. The summed E-state index contributed by atoms with van der Waals surface area (Å²) in [6, 6.07) is 8.63. The molecule has 2 nitrogen and oxygen atoms in total. The molecule has 158 valence electrons. The quantitative estimate of drug-likeness (QED) is 0.223. The van der Waals surface area contributed by atoms with E-state index in [1.165, 1.54) is 107 Å². The number of benzene rings is 1. The van der Waals surface area contributed by atoms with Crippen molar-refractivity contribution in [3.63, 3.8) is 0 Å². The van der Waals surface area contributed by atoms with Crippen molar-refractivity contribution in [2.45, 2.75) is 97.8 Å². The molecule has 0 fully saturated rings. The number of aromatic amines is 1. The molecule has 0 spiro atoms. The van der Waals surface area contributed by atoms with Gasteiger partial charge >= 0.3 is 0 Å². The normalized spacial score (nSPS) is 12.1. The van der Waals surface area contributed by atoms with Gasteiger partial charge in [-0.15, -0.1) is 0 Å². The lowest BCUT2D eigenvalue weighted by molar-refractivity contribution is 0.684. The molecule has 1 N–H and O–H groups in total. The summed E-state index contributed by atoms with van der Waals surface area (Å²) in [6.07, 6.45) is 20.7. The van der Waals surface area contributed by atoms with Crippen molar-refractivity contribution in [3.8, 4) is 0 Å². The number of hydrogen-bond donors (Lipinski definition) is 1. The van der Waals surface area contributed by atoms with E-state index in [0.717, 1.165) is 5.52 Å². The lowest BCUT2D eigenvalue weighted by Crippen LogP contribution is -2.24. The largest absolute Gasteiger partial charge is 0.309 e. The number of H-pyrrole nitrogens is 1. The van der Waals surface area contributed by atoms with Gasteiger partial charge in [-0.1, -0.05) is 71.4 Å². The highest BCUT2D eigenvalue weighted by atomic mass is 31.2. The lowest BCUT2D eigenvalue weighted by atomic mass is 10.2. The Hall–Kier alpha value is -0.880. The smallest absolute Gasteiger partial charge is 0.255 e. The summed E-state index contributed by atoms with van der Waals surface area (Å²) >= 11 is 0. The predicted octanol–water partition coefficient (Wildman–Crippen LogP) is 7.95. The highest BCUT2D eigenvalue weighted by Gasteiger charge is 2.41. The van der Waals surface area contributed by atoms with E-state index in [2.05, 4.69) is 50.0 Å². The fourth-order valence-corrected chi connectivity index (χ4v) is 8.81. The molecule has 0 amide bonds. The van der Waals surface area contributed by atoms with Crippen LogP contribution in [0.15, 0.2) is 24.3 Å². The second kappa shape index (κ2) is 13.4. The maximum absolute atomic E-state index is 5.18. The Labute approximate surface area is 174 Å². The fourth-order valence-electron chi connectivity index (χ4n) is 4.34. The molecule has 1 aromatic heterocycles. The first-order chi connectivity index (χ1) is 13.8. The summed E-state index contributed by atoms with van der Waals surface area (Å²) in [6.45, 7) is 6.95. The maximum atomic E-state index is 5.18. The monoisotopic (exact) mass is 403 g/mol. The average molecular weight is 404 g/mol. The van der Waals surface area contributed by atoms with Gasteiger partial charge in [0.1, 0.15) is 0 Å². The minimum atomic E-state index is -1.21. The van der Waals surface area contributed by atoms with Crippen LogP contribution in [0.2, 0.25) is 0 Å². The molecule has 2 aromatic rings. The summed E-state index contributed by atoms with van der Waals surface area (Å²) in [5.41, 5.74) is 3.79. The van der Waals surface area contributed by atoms with Gasteiger partial charge in [0.2, 0.25) is 0 Å². The standard InChI is InChI=1S/C25H44N2P/c1-4-7-10-15-20-28(21-16-11-8-5-2,22-17-12-9-6-3)25-26-23-18-13-14-19-24(23)27-25/h13-14,18-19H,4-12,15-17,20-22H2,1-3H3,(H,26,27)/q+1. The van der Waals surface area contributed by atoms with Crippen LogP contribution in [0.25, 0.3) is 11.0 Å². The zero-order valence-corrected chi connectivity index (χ0v) is 19.7. The van der Waals surface area contributed by atoms with Crippen LogP contribution in [0.5, 0.6) is 0 Å². The highest BCUT2D eigenvalue weighted by Crippen LogP contribution is 2.59. The number of rotatable bonds is 16. The zero-order chi connectivity index (χ0) is 20.1. The van der Waals surface area contributed by atoms with E-state index >= 15 is 0 Å². The number of fused-ring (bicyclic) bond motifs is 1. The second-order valence-corrected chi connectivity index (χ2v) is 12.6. The van der Waals surface area contributed by atoms with Crippen LogP contribution in [0.4, 0.5) is 0 Å². The van der Waals surface area contributed by atoms with E-state index in [1.54, 1.807) is 0 Å². The molecule has 28 heavy (non-hydrogen) atoms. The summed E-state index contributed by atoms with van der Waals surface area (Å²) in [5, 5.41) is 0. The minimum absolute atomic E-state index is 1.16. The number of nitrogens with one attached hydrogen (secondary N) is 1. The Kier molecular flexibility index (Phi) is 11.2. The molecule has 1 heterocycles. The van der Waals surface area contributed by atoms with Crippen LogP contribution in [0, 0.1) is 0 Å². The molecule has 0 bridgehead atoms. The van der Waals surface area contributed by atoms with E-state index in [4.69, 9.17) is 4.98 Å². The van der Waals surface area contributed by atoms with Gasteiger partial charge in [0.25, 0.3) is 5.57 Å². The molecule has 3 heteroatoms. The number of unbranched alkanes of at least 4 members (excludes halogenated alkanes) is 9. The van der Waals surface area contributed by atoms with E-state index in [0.29, 0.717) is 0 Å². The number of hydrogen-bond acceptors (Lipinski definition) is 1. The molecule has 0 aliphatic heterocycles. The maximum Gasteiger partial charge on any atom is 0.255 e. The van der Waals surface area contributed by atoms with E-state index in [-0.39, 0.29) is 0 Å². The first kappa shape index (κ1) is 23.4. The van der Waals surface area contributed by atoms with Crippen molar-refractivity contribution < 1.29 is 0 Å². The Balaban J connectivity index is 2.23. The molecular weight excluding hydrogens is 359 g/mol. The van der Waals surface area contributed by atoms with Gasteiger partial charge in [0, 0.05) is 0 Å². The van der Waals surface area contributed by atoms with Crippen LogP contribution in [0.1, 0.15) is 97.8 Å². The van der Waals surface area contributed by atoms with Crippen molar-refractivity contribution >= 4 is 23.9 Å². The molecular formula is C25H44N2P+. The van der Waals surface area contributed by atoms with Gasteiger partial charge in [0.15, 0.2) is 0 Å².